The van der Waals surface area contributed by atoms with Crippen molar-refractivity contribution in [3.8, 4) is 6.07 Å². The zero-order valence-electron chi connectivity index (χ0n) is 10.9. The van der Waals surface area contributed by atoms with Crippen LogP contribution in [0.4, 0.5) is 13.8 Å². The van der Waals surface area contributed by atoms with Gasteiger partial charge in [0.25, 0.3) is 0 Å². The number of hydrogen-bond acceptors (Lipinski definition) is 4. The average Bonchev–Trinajstić information content (AvgIpc) is 2.89. The Balaban J connectivity index is 2.05. The van der Waals surface area contributed by atoms with E-state index in [2.05, 4.69) is 5.32 Å². The molecule has 21 heavy (non-hydrogen) atoms. The van der Waals surface area contributed by atoms with E-state index in [1.54, 1.807) is 18.4 Å². The van der Waals surface area contributed by atoms with E-state index in [9.17, 15) is 13.6 Å². The molecule has 1 atom stereocenters. The molecule has 1 N–H and O–H groups in total. The van der Waals surface area contributed by atoms with Crippen LogP contribution in [0.5, 0.6) is 0 Å². The Bertz CT molecular complexity index is 709. The van der Waals surface area contributed by atoms with Crippen molar-refractivity contribution < 1.29 is 13.6 Å². The van der Waals surface area contributed by atoms with Crippen LogP contribution < -0.4 is 5.32 Å². The van der Waals surface area contributed by atoms with E-state index in [4.69, 9.17) is 5.26 Å². The summed E-state index contributed by atoms with van der Waals surface area (Å²) in [6.07, 6.45) is 0. The van der Waals surface area contributed by atoms with Gasteiger partial charge >= 0.3 is 0 Å². The molecule has 1 aromatic carbocycles. The van der Waals surface area contributed by atoms with Gasteiger partial charge < -0.3 is 5.32 Å². The molecule has 0 saturated carbocycles. The molecule has 1 amide bonds. The molecule has 0 radical (unpaired) electrons. The minimum Gasteiger partial charge on any atom is -0.316 e. The van der Waals surface area contributed by atoms with E-state index in [0.717, 1.165) is 23.9 Å². The first-order chi connectivity index (χ1) is 10.0. The second kappa shape index (κ2) is 6.70. The Labute approximate surface area is 128 Å². The van der Waals surface area contributed by atoms with Crippen molar-refractivity contribution in [1.29, 1.82) is 5.26 Å². The highest BCUT2D eigenvalue weighted by atomic mass is 32.2. The number of nitrogens with zero attached hydrogens (tertiary/aromatic N) is 1. The Morgan fingerprint density at radius 1 is 1.43 bits per heavy atom. The summed E-state index contributed by atoms with van der Waals surface area (Å²) in [4.78, 5) is 12.2. The highest BCUT2D eigenvalue weighted by molar-refractivity contribution is 8.00. The maximum Gasteiger partial charge on any atom is 0.238 e. The van der Waals surface area contributed by atoms with Crippen LogP contribution in [0.15, 0.2) is 34.5 Å². The summed E-state index contributed by atoms with van der Waals surface area (Å²) in [5, 5.41) is 13.1. The van der Waals surface area contributed by atoms with E-state index >= 15 is 0 Å². The fraction of sp³-hybridized carbons (Fsp3) is 0.143. The number of carbonyl (C=O) groups is 1. The number of anilines is 1. The van der Waals surface area contributed by atoms with Gasteiger partial charge in [-0.05, 0) is 30.5 Å². The maximum atomic E-state index is 13.5. The van der Waals surface area contributed by atoms with Crippen molar-refractivity contribution in [2.75, 3.05) is 5.32 Å². The third kappa shape index (κ3) is 3.80. The van der Waals surface area contributed by atoms with E-state index in [1.807, 2.05) is 6.07 Å². The summed E-state index contributed by atoms with van der Waals surface area (Å²) < 4.78 is 26.4. The van der Waals surface area contributed by atoms with E-state index in [1.165, 1.54) is 17.4 Å². The first kappa shape index (κ1) is 15.5. The van der Waals surface area contributed by atoms with Gasteiger partial charge in [0.15, 0.2) is 0 Å². The normalized spacial score (nSPS) is 11.7. The third-order valence-electron chi connectivity index (χ3n) is 2.59. The van der Waals surface area contributed by atoms with Crippen LogP contribution in [0.1, 0.15) is 12.5 Å². The van der Waals surface area contributed by atoms with Crippen molar-refractivity contribution in [2.24, 2.45) is 0 Å². The molecule has 2 aromatic rings. The summed E-state index contributed by atoms with van der Waals surface area (Å²) in [6, 6.07) is 6.80. The van der Waals surface area contributed by atoms with Crippen LogP contribution in [0.2, 0.25) is 0 Å². The van der Waals surface area contributed by atoms with E-state index < -0.39 is 16.9 Å². The molecule has 0 aliphatic heterocycles. The Morgan fingerprint density at radius 2 is 2.19 bits per heavy atom. The Morgan fingerprint density at radius 3 is 2.86 bits per heavy atom. The highest BCUT2D eigenvalue weighted by Crippen LogP contribution is 2.28. The van der Waals surface area contributed by atoms with Crippen LogP contribution in [0.25, 0.3) is 0 Å². The molecule has 0 spiro atoms. The number of halogens is 2. The number of rotatable bonds is 4. The smallest absolute Gasteiger partial charge is 0.238 e. The van der Waals surface area contributed by atoms with Gasteiger partial charge in [0.05, 0.1) is 10.8 Å². The maximum absolute atomic E-state index is 13.5. The van der Waals surface area contributed by atoms with Crippen molar-refractivity contribution >= 4 is 34.0 Å². The number of nitriles is 1. The number of nitrogens with one attached hydrogen (secondary N) is 1. The van der Waals surface area contributed by atoms with Gasteiger partial charge in [-0.3, -0.25) is 4.79 Å². The van der Waals surface area contributed by atoms with Gasteiger partial charge in [-0.25, -0.2) is 8.78 Å². The average molecular weight is 324 g/mol. The van der Waals surface area contributed by atoms with Crippen molar-refractivity contribution in [3.63, 3.8) is 0 Å². The van der Waals surface area contributed by atoms with Crippen molar-refractivity contribution in [3.05, 3.63) is 46.8 Å². The molecule has 3 nitrogen and oxygen atoms in total. The summed E-state index contributed by atoms with van der Waals surface area (Å²) in [6.45, 7) is 1.61. The number of hydrogen-bond donors (Lipinski definition) is 1. The monoisotopic (exact) mass is 324 g/mol. The third-order valence-corrected chi connectivity index (χ3v) is 4.57. The molecule has 1 heterocycles. The Hall–Kier alpha value is -1.91. The quantitative estimate of drug-likeness (QED) is 0.864. The zero-order chi connectivity index (χ0) is 15.4. The van der Waals surface area contributed by atoms with Crippen LogP contribution in [0.3, 0.4) is 0 Å². The fourth-order valence-corrected chi connectivity index (χ4v) is 3.13. The lowest BCUT2D eigenvalue weighted by molar-refractivity contribution is -0.115. The fourth-order valence-electron chi connectivity index (χ4n) is 1.52. The minimum absolute atomic E-state index is 0.200. The second-order valence-electron chi connectivity index (χ2n) is 4.10. The Kier molecular flexibility index (Phi) is 4.94. The summed E-state index contributed by atoms with van der Waals surface area (Å²) in [7, 11) is 0. The molecule has 1 aromatic heterocycles. The molecule has 108 valence electrons. The first-order valence-electron chi connectivity index (χ1n) is 5.91. The van der Waals surface area contributed by atoms with Gasteiger partial charge in [-0.2, -0.15) is 5.26 Å². The predicted octanol–water partition coefficient (Wildman–Crippen LogP) is 4.02. The van der Waals surface area contributed by atoms with Crippen LogP contribution in [0, 0.1) is 23.0 Å². The van der Waals surface area contributed by atoms with Gasteiger partial charge in [-0.15, -0.1) is 23.1 Å². The molecule has 0 bridgehead atoms. The van der Waals surface area contributed by atoms with E-state index in [0.29, 0.717) is 10.6 Å². The number of thioether (sulfide) groups is 1. The SMILES string of the molecule is CC(Sc1ccc(F)cc1F)C(=O)Nc1sccc1C#N. The highest BCUT2D eigenvalue weighted by Gasteiger charge is 2.18. The van der Waals surface area contributed by atoms with Crippen LogP contribution >= 0.6 is 23.1 Å². The summed E-state index contributed by atoms with van der Waals surface area (Å²) >= 11 is 2.23. The second-order valence-corrected chi connectivity index (χ2v) is 6.40. The molecular formula is C14H10F2N2OS2. The lowest BCUT2D eigenvalue weighted by Crippen LogP contribution is -2.22. The molecule has 0 fully saturated rings. The van der Waals surface area contributed by atoms with Gasteiger partial charge in [-0.1, -0.05) is 0 Å². The number of benzene rings is 1. The summed E-state index contributed by atoms with van der Waals surface area (Å²) in [5.74, 6) is -1.71. The number of carbonyl (C=O) groups excluding carboxylic acids is 1. The lowest BCUT2D eigenvalue weighted by atomic mass is 10.3. The predicted molar refractivity (Wildman–Crippen MR) is 79.3 cm³/mol. The largest absolute Gasteiger partial charge is 0.316 e. The van der Waals surface area contributed by atoms with Gasteiger partial charge in [0.1, 0.15) is 22.7 Å². The van der Waals surface area contributed by atoms with Crippen molar-refractivity contribution in [2.45, 2.75) is 17.1 Å². The molecule has 1 unspecified atom stereocenters. The number of amides is 1. The molecular weight excluding hydrogens is 314 g/mol. The lowest BCUT2D eigenvalue weighted by Gasteiger charge is -2.11. The topological polar surface area (TPSA) is 52.9 Å². The summed E-state index contributed by atoms with van der Waals surface area (Å²) in [5.41, 5.74) is 0.388. The molecule has 0 saturated heterocycles. The minimum atomic E-state index is -0.700. The van der Waals surface area contributed by atoms with Gasteiger partial charge in [0, 0.05) is 11.0 Å². The molecule has 0 aliphatic carbocycles. The standard InChI is InChI=1S/C14H10F2N2OS2/c1-8(21-12-3-2-10(15)6-11(12)16)13(19)18-14-9(7-17)4-5-20-14/h2-6,8H,1H3,(H,18,19). The molecule has 7 heteroatoms. The molecule has 0 aliphatic rings. The van der Waals surface area contributed by atoms with Crippen LogP contribution in [-0.4, -0.2) is 11.2 Å². The molecule has 2 rings (SSSR count). The first-order valence-corrected chi connectivity index (χ1v) is 7.67. The van der Waals surface area contributed by atoms with Crippen LogP contribution in [-0.2, 0) is 4.79 Å². The van der Waals surface area contributed by atoms with E-state index in [-0.39, 0.29) is 10.8 Å². The number of thiophene rings is 1. The zero-order valence-corrected chi connectivity index (χ0v) is 12.5. The van der Waals surface area contributed by atoms with Gasteiger partial charge in [0.2, 0.25) is 5.91 Å². The van der Waals surface area contributed by atoms with Crippen molar-refractivity contribution in [1.82, 2.24) is 0 Å².